The molecular weight excluding hydrogens is 350 g/mol. The topological polar surface area (TPSA) is 99.1 Å². The molecule has 1 amide bonds. The molecule has 124 valence electrons. The third-order valence-electron chi connectivity index (χ3n) is 3.22. The number of nitrogens with one attached hydrogen (secondary N) is 2. The minimum absolute atomic E-state index is 0.0408. The lowest BCUT2D eigenvalue weighted by Gasteiger charge is -2.09. The fourth-order valence-corrected chi connectivity index (χ4v) is 3.30. The molecule has 24 heavy (non-hydrogen) atoms. The first-order valence-corrected chi connectivity index (χ1v) is 8.74. The highest BCUT2D eigenvalue weighted by molar-refractivity contribution is 7.92. The normalized spacial score (nSPS) is 10.7. The van der Waals surface area contributed by atoms with Crippen LogP contribution in [0, 0.1) is 11.3 Å². The van der Waals surface area contributed by atoms with Gasteiger partial charge in [0.2, 0.25) is 5.91 Å². The minimum atomic E-state index is -3.82. The third-order valence-corrected chi connectivity index (χ3v) is 4.91. The number of anilines is 1. The molecule has 2 N–H and O–H groups in total. The molecule has 2 aromatic rings. The van der Waals surface area contributed by atoms with Crippen LogP contribution in [0.1, 0.15) is 11.1 Å². The predicted molar refractivity (Wildman–Crippen MR) is 91.2 cm³/mol. The molecule has 0 spiro atoms. The second-order valence-electron chi connectivity index (χ2n) is 4.91. The zero-order valence-corrected chi connectivity index (χ0v) is 14.3. The number of likely N-dealkylation sites (N-methyl/N-ethyl adjacent to an activating group) is 1. The quantitative estimate of drug-likeness (QED) is 0.851. The highest BCUT2D eigenvalue weighted by Crippen LogP contribution is 2.22. The van der Waals surface area contributed by atoms with Crippen LogP contribution in [-0.2, 0) is 21.2 Å². The smallest absolute Gasteiger partial charge is 0.261 e. The summed E-state index contributed by atoms with van der Waals surface area (Å²) in [5, 5.41) is 11.4. The number of carbonyl (C=O) groups excluding carboxylic acids is 1. The highest BCUT2D eigenvalue weighted by atomic mass is 35.5. The third kappa shape index (κ3) is 4.25. The Balaban J connectivity index is 2.19. The summed E-state index contributed by atoms with van der Waals surface area (Å²) in [6, 6.07) is 12.2. The van der Waals surface area contributed by atoms with E-state index < -0.39 is 10.0 Å². The number of benzene rings is 2. The maximum atomic E-state index is 12.3. The number of sulfonamides is 1. The van der Waals surface area contributed by atoms with Gasteiger partial charge in [-0.3, -0.25) is 9.52 Å². The van der Waals surface area contributed by atoms with Crippen molar-refractivity contribution in [1.82, 2.24) is 5.32 Å². The number of nitrogens with zero attached hydrogens (tertiary/aromatic N) is 1. The second-order valence-corrected chi connectivity index (χ2v) is 7.00. The number of hydrogen-bond acceptors (Lipinski definition) is 4. The molecule has 0 aliphatic heterocycles. The van der Waals surface area contributed by atoms with Gasteiger partial charge in [0.1, 0.15) is 6.07 Å². The van der Waals surface area contributed by atoms with Gasteiger partial charge in [0.15, 0.2) is 0 Å². The van der Waals surface area contributed by atoms with Crippen molar-refractivity contribution >= 4 is 33.2 Å². The van der Waals surface area contributed by atoms with E-state index >= 15 is 0 Å². The molecule has 0 bridgehead atoms. The van der Waals surface area contributed by atoms with E-state index in [2.05, 4.69) is 10.0 Å². The molecule has 0 fully saturated rings. The first kappa shape index (κ1) is 17.8. The van der Waals surface area contributed by atoms with E-state index in [1.54, 1.807) is 31.3 Å². The van der Waals surface area contributed by atoms with Gasteiger partial charge in [-0.2, -0.15) is 5.26 Å². The molecule has 0 radical (unpaired) electrons. The molecule has 6 nitrogen and oxygen atoms in total. The van der Waals surface area contributed by atoms with E-state index in [-0.39, 0.29) is 27.8 Å². The van der Waals surface area contributed by atoms with Crippen LogP contribution in [0.2, 0.25) is 5.02 Å². The van der Waals surface area contributed by atoms with E-state index in [1.165, 1.54) is 18.2 Å². The van der Waals surface area contributed by atoms with Gasteiger partial charge in [0.05, 0.1) is 21.9 Å². The number of carbonyl (C=O) groups is 1. The summed E-state index contributed by atoms with van der Waals surface area (Å²) in [4.78, 5) is 11.3. The SMILES string of the molecule is CNC(=O)Cc1ccc(NS(=O)(=O)c2ccc(C#N)c(Cl)c2)cc1. The summed E-state index contributed by atoms with van der Waals surface area (Å²) >= 11 is 5.87. The molecule has 0 saturated heterocycles. The van der Waals surface area contributed by atoms with Gasteiger partial charge in [-0.1, -0.05) is 23.7 Å². The van der Waals surface area contributed by atoms with Crippen LogP contribution in [0.25, 0.3) is 0 Å². The summed E-state index contributed by atoms with van der Waals surface area (Å²) in [5.41, 5.74) is 1.32. The van der Waals surface area contributed by atoms with Crippen molar-refractivity contribution in [2.45, 2.75) is 11.3 Å². The molecule has 0 saturated carbocycles. The summed E-state index contributed by atoms with van der Waals surface area (Å²) in [5.74, 6) is -0.129. The first-order chi connectivity index (χ1) is 11.4. The molecule has 0 aliphatic carbocycles. The Bertz CT molecular complexity index is 903. The maximum Gasteiger partial charge on any atom is 0.261 e. The van der Waals surface area contributed by atoms with Crippen LogP contribution < -0.4 is 10.0 Å². The molecule has 0 heterocycles. The summed E-state index contributed by atoms with van der Waals surface area (Å²) in [6.45, 7) is 0. The lowest BCUT2D eigenvalue weighted by molar-refractivity contribution is -0.119. The predicted octanol–water partition coefficient (Wildman–Crippen LogP) is 2.30. The van der Waals surface area contributed by atoms with Gasteiger partial charge in [0.25, 0.3) is 10.0 Å². The Morgan fingerprint density at radius 2 is 1.88 bits per heavy atom. The van der Waals surface area contributed by atoms with E-state index in [0.29, 0.717) is 5.69 Å². The van der Waals surface area contributed by atoms with Gasteiger partial charge in [-0.05, 0) is 35.9 Å². The molecule has 8 heteroatoms. The van der Waals surface area contributed by atoms with Crippen molar-refractivity contribution in [3.8, 4) is 6.07 Å². The van der Waals surface area contributed by atoms with Crippen molar-refractivity contribution in [3.63, 3.8) is 0 Å². The average Bonchev–Trinajstić information content (AvgIpc) is 2.56. The van der Waals surface area contributed by atoms with E-state index in [0.717, 1.165) is 5.56 Å². The lowest BCUT2D eigenvalue weighted by atomic mass is 10.1. The molecule has 0 unspecified atom stereocenters. The van der Waals surface area contributed by atoms with Gasteiger partial charge in [-0.15, -0.1) is 0 Å². The van der Waals surface area contributed by atoms with Crippen LogP contribution in [-0.4, -0.2) is 21.4 Å². The first-order valence-electron chi connectivity index (χ1n) is 6.87. The van der Waals surface area contributed by atoms with E-state index in [4.69, 9.17) is 16.9 Å². The second kappa shape index (κ2) is 7.34. The Morgan fingerprint density at radius 3 is 2.42 bits per heavy atom. The fraction of sp³-hybridized carbons (Fsp3) is 0.125. The summed E-state index contributed by atoms with van der Waals surface area (Å²) < 4.78 is 27.1. The summed E-state index contributed by atoms with van der Waals surface area (Å²) in [7, 11) is -2.28. The van der Waals surface area contributed by atoms with E-state index in [1.807, 2.05) is 6.07 Å². The number of rotatable bonds is 5. The van der Waals surface area contributed by atoms with Crippen molar-refractivity contribution in [2.75, 3.05) is 11.8 Å². The van der Waals surface area contributed by atoms with Crippen LogP contribution in [0.15, 0.2) is 47.4 Å². The van der Waals surface area contributed by atoms with Crippen molar-refractivity contribution in [3.05, 3.63) is 58.6 Å². The minimum Gasteiger partial charge on any atom is -0.359 e. The molecule has 0 aliphatic rings. The van der Waals surface area contributed by atoms with Crippen LogP contribution in [0.4, 0.5) is 5.69 Å². The molecule has 2 aromatic carbocycles. The Hall–Kier alpha value is -2.56. The molecular formula is C16H14ClN3O3S. The average molecular weight is 364 g/mol. The lowest BCUT2D eigenvalue weighted by Crippen LogP contribution is -2.19. The van der Waals surface area contributed by atoms with Crippen LogP contribution >= 0.6 is 11.6 Å². The van der Waals surface area contributed by atoms with Gasteiger partial charge in [-0.25, -0.2) is 8.42 Å². The largest absolute Gasteiger partial charge is 0.359 e. The number of hydrogen-bond donors (Lipinski definition) is 2. The number of amides is 1. The van der Waals surface area contributed by atoms with E-state index in [9.17, 15) is 13.2 Å². The van der Waals surface area contributed by atoms with Crippen molar-refractivity contribution in [2.24, 2.45) is 0 Å². The van der Waals surface area contributed by atoms with Gasteiger partial charge >= 0.3 is 0 Å². The molecule has 0 aromatic heterocycles. The van der Waals surface area contributed by atoms with Crippen LogP contribution in [0.5, 0.6) is 0 Å². The Labute approximate surface area is 145 Å². The Kier molecular flexibility index (Phi) is 5.44. The monoisotopic (exact) mass is 363 g/mol. The summed E-state index contributed by atoms with van der Waals surface area (Å²) in [6.07, 6.45) is 0.217. The zero-order chi connectivity index (χ0) is 17.7. The van der Waals surface area contributed by atoms with Crippen molar-refractivity contribution in [1.29, 1.82) is 5.26 Å². The Morgan fingerprint density at radius 1 is 1.21 bits per heavy atom. The highest BCUT2D eigenvalue weighted by Gasteiger charge is 2.16. The maximum absolute atomic E-state index is 12.3. The fourth-order valence-electron chi connectivity index (χ4n) is 1.93. The number of halogens is 1. The van der Waals surface area contributed by atoms with Gasteiger partial charge < -0.3 is 5.32 Å². The number of nitriles is 1. The zero-order valence-electron chi connectivity index (χ0n) is 12.7. The molecule has 2 rings (SSSR count). The molecule has 0 atom stereocenters. The van der Waals surface area contributed by atoms with Crippen LogP contribution in [0.3, 0.4) is 0 Å². The van der Waals surface area contributed by atoms with Crippen molar-refractivity contribution < 1.29 is 13.2 Å². The standard InChI is InChI=1S/C16H14ClN3O3S/c1-19-16(21)8-11-2-5-13(6-3-11)20-24(22,23)14-7-4-12(10-18)15(17)9-14/h2-7,9,20H,8H2,1H3,(H,19,21). The van der Waals surface area contributed by atoms with Gasteiger partial charge in [0, 0.05) is 12.7 Å².